The fourth-order valence-electron chi connectivity index (χ4n) is 2.23. The van der Waals surface area contributed by atoms with Gasteiger partial charge in [-0.2, -0.15) is 0 Å². The van der Waals surface area contributed by atoms with E-state index in [1.165, 1.54) is 11.1 Å². The minimum Gasteiger partial charge on any atom is -0.308 e. The third-order valence-electron chi connectivity index (χ3n) is 3.29. The van der Waals surface area contributed by atoms with Crippen molar-refractivity contribution >= 4 is 27.5 Å². The van der Waals surface area contributed by atoms with Crippen molar-refractivity contribution in [3.05, 3.63) is 69.2 Å². The number of nitrogens with zero attached hydrogens (tertiary/aromatic N) is 1. The van der Waals surface area contributed by atoms with E-state index in [1.807, 2.05) is 12.1 Å². The van der Waals surface area contributed by atoms with Crippen LogP contribution in [0.3, 0.4) is 0 Å². The average Bonchev–Trinajstić information content (AvgIpc) is 2.47. The Kier molecular flexibility index (Phi) is 6.24. The average molecular weight is 368 g/mol. The lowest BCUT2D eigenvalue weighted by Crippen LogP contribution is -2.30. The van der Waals surface area contributed by atoms with Crippen LogP contribution in [0.4, 0.5) is 0 Å². The molecule has 0 aliphatic carbocycles. The van der Waals surface area contributed by atoms with Crippen LogP contribution in [0.5, 0.6) is 0 Å². The summed E-state index contributed by atoms with van der Waals surface area (Å²) >= 11 is 9.50. The molecule has 0 saturated heterocycles. The van der Waals surface area contributed by atoms with E-state index in [1.54, 1.807) is 0 Å². The van der Waals surface area contributed by atoms with Crippen molar-refractivity contribution < 1.29 is 0 Å². The van der Waals surface area contributed by atoms with Crippen LogP contribution in [-0.4, -0.2) is 25.5 Å². The predicted molar refractivity (Wildman–Crippen MR) is 93.7 cm³/mol. The number of rotatable bonds is 6. The molecule has 0 aliphatic heterocycles. The lowest BCUT2D eigenvalue weighted by molar-refractivity contribution is 0.340. The molecule has 4 heteroatoms. The van der Waals surface area contributed by atoms with Crippen molar-refractivity contribution in [2.45, 2.75) is 12.6 Å². The summed E-state index contributed by atoms with van der Waals surface area (Å²) in [6, 6.07) is 16.9. The lowest BCUT2D eigenvalue weighted by atomic mass is 10.1. The van der Waals surface area contributed by atoms with Gasteiger partial charge in [-0.05, 0) is 53.3 Å². The Morgan fingerprint density at radius 1 is 1.14 bits per heavy atom. The first-order chi connectivity index (χ1) is 10.1. The molecule has 0 bridgehead atoms. The molecule has 2 nitrogen and oxygen atoms in total. The molecule has 1 N–H and O–H groups in total. The fraction of sp³-hybridized carbons (Fsp3) is 0.294. The molecule has 21 heavy (non-hydrogen) atoms. The van der Waals surface area contributed by atoms with Gasteiger partial charge < -0.3 is 10.2 Å². The summed E-state index contributed by atoms with van der Waals surface area (Å²) in [4.78, 5) is 2.20. The van der Waals surface area contributed by atoms with Gasteiger partial charge in [0.2, 0.25) is 0 Å². The third-order valence-corrected chi connectivity index (χ3v) is 4.50. The Hall–Kier alpha value is -0.870. The van der Waals surface area contributed by atoms with Crippen LogP contribution in [0, 0.1) is 0 Å². The van der Waals surface area contributed by atoms with Crippen LogP contribution in [0.25, 0.3) is 0 Å². The maximum Gasteiger partial charge on any atom is 0.0548 e. The Morgan fingerprint density at radius 3 is 2.48 bits per heavy atom. The SMILES string of the molecule is CN(C)CC(NCc1ccc(Cl)c(Br)c1)c1ccccc1. The Balaban J connectivity index is 2.07. The molecule has 112 valence electrons. The van der Waals surface area contributed by atoms with Gasteiger partial charge in [-0.3, -0.25) is 0 Å². The molecule has 0 saturated carbocycles. The maximum atomic E-state index is 6.03. The van der Waals surface area contributed by atoms with Crippen molar-refractivity contribution in [2.24, 2.45) is 0 Å². The Morgan fingerprint density at radius 2 is 1.86 bits per heavy atom. The topological polar surface area (TPSA) is 15.3 Å². The normalized spacial score (nSPS) is 12.6. The van der Waals surface area contributed by atoms with Crippen molar-refractivity contribution in [2.75, 3.05) is 20.6 Å². The quantitative estimate of drug-likeness (QED) is 0.809. The van der Waals surface area contributed by atoms with Gasteiger partial charge in [0.1, 0.15) is 0 Å². The molecule has 0 fully saturated rings. The van der Waals surface area contributed by atoms with E-state index >= 15 is 0 Å². The van der Waals surface area contributed by atoms with Gasteiger partial charge in [-0.25, -0.2) is 0 Å². The first-order valence-corrected chi connectivity index (χ1v) is 8.10. The molecule has 1 atom stereocenters. The van der Waals surface area contributed by atoms with Crippen molar-refractivity contribution in [1.82, 2.24) is 10.2 Å². The molecule has 0 aliphatic rings. The van der Waals surface area contributed by atoms with Gasteiger partial charge in [0.25, 0.3) is 0 Å². The van der Waals surface area contributed by atoms with E-state index in [4.69, 9.17) is 11.6 Å². The largest absolute Gasteiger partial charge is 0.308 e. The second-order valence-electron chi connectivity index (χ2n) is 5.35. The molecular formula is C17H20BrClN2. The van der Waals surface area contributed by atoms with E-state index in [0.717, 1.165) is 22.6 Å². The van der Waals surface area contributed by atoms with Crippen LogP contribution in [0.1, 0.15) is 17.2 Å². The number of hydrogen-bond acceptors (Lipinski definition) is 2. The zero-order valence-electron chi connectivity index (χ0n) is 12.3. The van der Waals surface area contributed by atoms with Crippen LogP contribution < -0.4 is 5.32 Å². The summed E-state index contributed by atoms with van der Waals surface area (Å²) in [6.07, 6.45) is 0. The summed E-state index contributed by atoms with van der Waals surface area (Å²) in [7, 11) is 4.19. The summed E-state index contributed by atoms with van der Waals surface area (Å²) < 4.78 is 0.937. The third kappa shape index (κ3) is 5.11. The molecule has 0 radical (unpaired) electrons. The molecule has 2 aromatic carbocycles. The van der Waals surface area contributed by atoms with Crippen molar-refractivity contribution in [3.8, 4) is 0 Å². The fourth-order valence-corrected chi connectivity index (χ4v) is 2.77. The number of nitrogens with one attached hydrogen (secondary N) is 1. The molecule has 2 aromatic rings. The summed E-state index contributed by atoms with van der Waals surface area (Å²) in [6.45, 7) is 1.77. The van der Waals surface area contributed by atoms with E-state index < -0.39 is 0 Å². The molecule has 0 amide bonds. The van der Waals surface area contributed by atoms with Gasteiger partial charge in [-0.1, -0.05) is 48.0 Å². The highest BCUT2D eigenvalue weighted by Gasteiger charge is 2.12. The van der Waals surface area contributed by atoms with E-state index in [9.17, 15) is 0 Å². The van der Waals surface area contributed by atoms with Crippen LogP contribution in [-0.2, 0) is 6.54 Å². The Labute approximate surface area is 140 Å². The zero-order chi connectivity index (χ0) is 15.2. The first kappa shape index (κ1) is 16.5. The highest BCUT2D eigenvalue weighted by Crippen LogP contribution is 2.23. The van der Waals surface area contributed by atoms with E-state index in [0.29, 0.717) is 6.04 Å². The van der Waals surface area contributed by atoms with Gasteiger partial charge >= 0.3 is 0 Å². The predicted octanol–water partition coefficient (Wildman–Crippen LogP) is 4.50. The first-order valence-electron chi connectivity index (χ1n) is 6.93. The Bertz CT molecular complexity index is 572. The number of likely N-dealkylation sites (N-methyl/N-ethyl adjacent to an activating group) is 1. The monoisotopic (exact) mass is 366 g/mol. The smallest absolute Gasteiger partial charge is 0.0548 e. The molecule has 0 spiro atoms. The standard InChI is InChI=1S/C17H20BrClN2/c1-21(2)12-17(14-6-4-3-5-7-14)20-11-13-8-9-16(19)15(18)10-13/h3-10,17,20H,11-12H2,1-2H3. The molecular weight excluding hydrogens is 348 g/mol. The van der Waals surface area contributed by atoms with Crippen LogP contribution >= 0.6 is 27.5 Å². The minimum atomic E-state index is 0.302. The molecule has 0 heterocycles. The van der Waals surface area contributed by atoms with Gasteiger partial charge in [0, 0.05) is 23.6 Å². The number of halogens is 2. The summed E-state index contributed by atoms with van der Waals surface area (Å²) in [5.74, 6) is 0. The summed E-state index contributed by atoms with van der Waals surface area (Å²) in [5.41, 5.74) is 2.52. The van der Waals surface area contributed by atoms with Gasteiger partial charge in [0.05, 0.1) is 5.02 Å². The second kappa shape index (κ2) is 7.95. The highest BCUT2D eigenvalue weighted by atomic mass is 79.9. The lowest BCUT2D eigenvalue weighted by Gasteiger charge is -2.23. The molecule has 0 aromatic heterocycles. The molecule has 2 rings (SSSR count). The van der Waals surface area contributed by atoms with Crippen LogP contribution in [0.15, 0.2) is 53.0 Å². The van der Waals surface area contributed by atoms with Crippen molar-refractivity contribution in [3.63, 3.8) is 0 Å². The highest BCUT2D eigenvalue weighted by molar-refractivity contribution is 9.10. The van der Waals surface area contributed by atoms with Gasteiger partial charge in [-0.15, -0.1) is 0 Å². The van der Waals surface area contributed by atoms with E-state index in [-0.39, 0.29) is 0 Å². The van der Waals surface area contributed by atoms with Crippen molar-refractivity contribution in [1.29, 1.82) is 0 Å². The summed E-state index contributed by atoms with van der Waals surface area (Å²) in [5, 5.41) is 4.37. The number of benzene rings is 2. The van der Waals surface area contributed by atoms with Gasteiger partial charge in [0.15, 0.2) is 0 Å². The second-order valence-corrected chi connectivity index (χ2v) is 6.62. The minimum absolute atomic E-state index is 0.302. The van der Waals surface area contributed by atoms with Crippen LogP contribution in [0.2, 0.25) is 5.02 Å². The number of hydrogen-bond donors (Lipinski definition) is 1. The molecule has 1 unspecified atom stereocenters. The van der Waals surface area contributed by atoms with E-state index in [2.05, 4.69) is 76.6 Å². The maximum absolute atomic E-state index is 6.03. The zero-order valence-corrected chi connectivity index (χ0v) is 14.7.